The minimum atomic E-state index is 0.732. The maximum absolute atomic E-state index is 5.02. The van der Waals surface area contributed by atoms with Crippen molar-refractivity contribution in [2.45, 2.75) is 13.5 Å². The van der Waals surface area contributed by atoms with Crippen LogP contribution >= 0.6 is 0 Å². The molecule has 3 nitrogen and oxygen atoms in total. The van der Waals surface area contributed by atoms with Gasteiger partial charge in [-0.2, -0.15) is 0 Å². The highest BCUT2D eigenvalue weighted by atomic mass is 16.5. The summed E-state index contributed by atoms with van der Waals surface area (Å²) in [6.07, 6.45) is 6.03. The van der Waals surface area contributed by atoms with E-state index in [1.165, 1.54) is 11.1 Å². The average molecular weight is 190 g/mol. The van der Waals surface area contributed by atoms with Gasteiger partial charge in [-0.25, -0.2) is 0 Å². The predicted molar refractivity (Wildman–Crippen MR) is 55.5 cm³/mol. The Morgan fingerprint density at radius 1 is 1.50 bits per heavy atom. The third kappa shape index (κ3) is 1.63. The molecule has 0 N–H and O–H groups in total. The van der Waals surface area contributed by atoms with Crippen LogP contribution in [0, 0.1) is 6.92 Å². The maximum Gasteiger partial charge on any atom is 0.0867 e. The number of fused-ring (bicyclic) bond motifs is 1. The highest BCUT2D eigenvalue weighted by molar-refractivity contribution is 5.64. The molecule has 2 aliphatic heterocycles. The maximum atomic E-state index is 5.02. The molecule has 0 aromatic heterocycles. The summed E-state index contributed by atoms with van der Waals surface area (Å²) in [5.41, 5.74) is 3.53. The zero-order chi connectivity index (χ0) is 9.97. The number of aryl methyl sites for hydroxylation is 1. The summed E-state index contributed by atoms with van der Waals surface area (Å²) in [6.45, 7) is 3.68. The first-order chi connectivity index (χ1) is 6.81. The number of hydrogen-bond acceptors (Lipinski definition) is 2. The fraction of sp³-hybridized carbons (Fsp3) is 0.364. The predicted octanol–water partition coefficient (Wildman–Crippen LogP) is 1.94. The number of aromatic nitrogens is 2. The lowest BCUT2D eigenvalue weighted by molar-refractivity contribution is 0.187. The molecule has 2 rings (SSSR count). The third-order valence-corrected chi connectivity index (χ3v) is 2.37. The molecule has 0 fully saturated rings. The monoisotopic (exact) mass is 190 g/mol. The Morgan fingerprint density at radius 2 is 2.36 bits per heavy atom. The highest BCUT2D eigenvalue weighted by Gasteiger charge is 2.07. The van der Waals surface area contributed by atoms with Crippen molar-refractivity contribution in [1.82, 2.24) is 9.55 Å². The van der Waals surface area contributed by atoms with Crippen molar-refractivity contribution in [2.75, 3.05) is 13.7 Å². The standard InChI is InChI=1S/C11H14N2O/c1-9-7-12-11-8-13(5-6-14-2)4-3-10(9)11/h3-4,7-8H,5-6H2,1-2H3. The molecular weight excluding hydrogens is 176 g/mol. The van der Waals surface area contributed by atoms with E-state index in [0.29, 0.717) is 0 Å². The zero-order valence-corrected chi connectivity index (χ0v) is 8.53. The van der Waals surface area contributed by atoms with E-state index < -0.39 is 0 Å². The summed E-state index contributed by atoms with van der Waals surface area (Å²) in [5, 5.41) is 0. The molecule has 0 radical (unpaired) electrons. The van der Waals surface area contributed by atoms with Gasteiger partial charge in [0.25, 0.3) is 0 Å². The van der Waals surface area contributed by atoms with E-state index in [2.05, 4.69) is 34.9 Å². The van der Waals surface area contributed by atoms with Gasteiger partial charge >= 0.3 is 0 Å². The molecule has 74 valence electrons. The Kier molecular flexibility index (Phi) is 2.50. The van der Waals surface area contributed by atoms with Crippen LogP contribution in [0.5, 0.6) is 0 Å². The fourth-order valence-electron chi connectivity index (χ4n) is 1.53. The van der Waals surface area contributed by atoms with Crippen LogP contribution in [0.2, 0.25) is 0 Å². The van der Waals surface area contributed by atoms with Crippen molar-refractivity contribution in [3.8, 4) is 11.3 Å². The summed E-state index contributed by atoms with van der Waals surface area (Å²) in [7, 11) is 1.71. The molecule has 14 heavy (non-hydrogen) atoms. The van der Waals surface area contributed by atoms with E-state index in [4.69, 9.17) is 4.74 Å². The quantitative estimate of drug-likeness (QED) is 0.739. The number of methoxy groups -OCH3 is 1. The number of ether oxygens (including phenoxy) is 1. The summed E-state index contributed by atoms with van der Waals surface area (Å²) in [6, 6.07) is 2.10. The molecule has 0 bridgehead atoms. The van der Waals surface area contributed by atoms with Gasteiger partial charge in [-0.3, -0.25) is 4.98 Å². The van der Waals surface area contributed by atoms with Crippen LogP contribution in [0.1, 0.15) is 5.56 Å². The number of pyridine rings is 1. The number of nitrogens with zero attached hydrogens (tertiary/aromatic N) is 2. The second-order valence-corrected chi connectivity index (χ2v) is 3.42. The summed E-state index contributed by atoms with van der Waals surface area (Å²) < 4.78 is 7.12. The van der Waals surface area contributed by atoms with E-state index in [1.807, 2.05) is 6.20 Å². The lowest BCUT2D eigenvalue weighted by atomic mass is 10.1. The molecule has 0 aromatic rings. The summed E-state index contributed by atoms with van der Waals surface area (Å²) in [5.74, 6) is 0. The van der Waals surface area contributed by atoms with Crippen molar-refractivity contribution in [3.63, 3.8) is 0 Å². The SMILES string of the molecule is COCCn1ccc2c(C)cnc-2c1. The van der Waals surface area contributed by atoms with Crippen LogP contribution < -0.4 is 0 Å². The molecule has 0 spiro atoms. The molecule has 0 unspecified atom stereocenters. The van der Waals surface area contributed by atoms with Gasteiger partial charge in [-0.05, 0) is 18.6 Å². The van der Waals surface area contributed by atoms with Gasteiger partial charge in [0.2, 0.25) is 0 Å². The van der Waals surface area contributed by atoms with Crippen molar-refractivity contribution >= 4 is 0 Å². The summed E-state index contributed by atoms with van der Waals surface area (Å²) >= 11 is 0. The first-order valence-corrected chi connectivity index (χ1v) is 4.71. The van der Waals surface area contributed by atoms with Gasteiger partial charge in [0.05, 0.1) is 12.3 Å². The average Bonchev–Trinajstić information content (AvgIpc) is 2.57. The van der Waals surface area contributed by atoms with Gasteiger partial charge < -0.3 is 9.30 Å². The lowest BCUT2D eigenvalue weighted by Crippen LogP contribution is -2.04. The lowest BCUT2D eigenvalue weighted by Gasteiger charge is -2.07. The molecule has 0 saturated carbocycles. The fourth-order valence-corrected chi connectivity index (χ4v) is 1.53. The van der Waals surface area contributed by atoms with Gasteiger partial charge in [0.1, 0.15) is 0 Å². The Balaban J connectivity index is 2.28. The molecule has 2 heterocycles. The number of hydrogen-bond donors (Lipinski definition) is 0. The van der Waals surface area contributed by atoms with Crippen LogP contribution in [0.4, 0.5) is 0 Å². The van der Waals surface area contributed by atoms with E-state index >= 15 is 0 Å². The van der Waals surface area contributed by atoms with Crippen molar-refractivity contribution < 1.29 is 4.74 Å². The second kappa shape index (κ2) is 3.80. The van der Waals surface area contributed by atoms with Crippen LogP contribution in [0.25, 0.3) is 11.3 Å². The van der Waals surface area contributed by atoms with E-state index in [-0.39, 0.29) is 0 Å². The molecule has 0 aromatic carbocycles. The minimum Gasteiger partial charge on any atom is -0.383 e. The van der Waals surface area contributed by atoms with Gasteiger partial charge in [0, 0.05) is 37.8 Å². The van der Waals surface area contributed by atoms with Crippen LogP contribution in [0.3, 0.4) is 0 Å². The van der Waals surface area contributed by atoms with Crippen molar-refractivity contribution in [3.05, 3.63) is 30.2 Å². The zero-order valence-electron chi connectivity index (χ0n) is 8.53. The van der Waals surface area contributed by atoms with Crippen LogP contribution in [0.15, 0.2) is 24.7 Å². The smallest absolute Gasteiger partial charge is 0.0867 e. The van der Waals surface area contributed by atoms with Crippen molar-refractivity contribution in [1.29, 1.82) is 0 Å². The molecular formula is C11H14N2O. The minimum absolute atomic E-state index is 0.732. The van der Waals surface area contributed by atoms with Crippen molar-refractivity contribution in [2.24, 2.45) is 0 Å². The summed E-state index contributed by atoms with van der Waals surface area (Å²) in [4.78, 5) is 4.33. The van der Waals surface area contributed by atoms with E-state index in [0.717, 1.165) is 18.8 Å². The molecule has 2 aliphatic rings. The molecule has 3 heteroatoms. The second-order valence-electron chi connectivity index (χ2n) is 3.42. The molecule has 0 aliphatic carbocycles. The Hall–Kier alpha value is -1.35. The highest BCUT2D eigenvalue weighted by Crippen LogP contribution is 2.23. The first-order valence-electron chi connectivity index (χ1n) is 4.71. The molecule has 0 saturated heterocycles. The van der Waals surface area contributed by atoms with E-state index in [9.17, 15) is 0 Å². The molecule has 0 amide bonds. The Labute approximate surface area is 83.7 Å². The largest absolute Gasteiger partial charge is 0.383 e. The molecule has 0 atom stereocenters. The Morgan fingerprint density at radius 3 is 3.14 bits per heavy atom. The third-order valence-electron chi connectivity index (χ3n) is 2.37. The van der Waals surface area contributed by atoms with E-state index in [1.54, 1.807) is 7.11 Å². The van der Waals surface area contributed by atoms with Crippen LogP contribution in [-0.4, -0.2) is 23.3 Å². The normalized spacial score (nSPS) is 11.0. The number of rotatable bonds is 3. The first kappa shape index (κ1) is 9.21. The van der Waals surface area contributed by atoms with Crippen LogP contribution in [-0.2, 0) is 11.3 Å². The van der Waals surface area contributed by atoms with Gasteiger partial charge in [0.15, 0.2) is 0 Å². The van der Waals surface area contributed by atoms with Gasteiger partial charge in [-0.15, -0.1) is 0 Å². The topological polar surface area (TPSA) is 27.1 Å². The Bertz CT molecular complexity index is 395. The van der Waals surface area contributed by atoms with Gasteiger partial charge in [-0.1, -0.05) is 0 Å².